The lowest BCUT2D eigenvalue weighted by molar-refractivity contribution is 0.791. The van der Waals surface area contributed by atoms with Gasteiger partial charge >= 0.3 is 0 Å². The van der Waals surface area contributed by atoms with Crippen molar-refractivity contribution in [2.24, 2.45) is 0 Å². The SMILES string of the molecule is CCCc1ccc2c(c1)c(=O)c(C)c(-c1ccccc1)n2CC. The van der Waals surface area contributed by atoms with E-state index in [1.54, 1.807) is 0 Å². The van der Waals surface area contributed by atoms with Crippen LogP contribution in [0, 0.1) is 6.92 Å². The van der Waals surface area contributed by atoms with Gasteiger partial charge in [0.2, 0.25) is 0 Å². The molecule has 0 aliphatic rings. The molecule has 0 aliphatic carbocycles. The van der Waals surface area contributed by atoms with Crippen LogP contribution in [0.4, 0.5) is 0 Å². The Bertz CT molecular complexity index is 891. The maximum Gasteiger partial charge on any atom is 0.192 e. The lowest BCUT2D eigenvalue weighted by atomic mass is 10.0. The molecule has 0 atom stereocenters. The van der Waals surface area contributed by atoms with E-state index in [0.717, 1.165) is 47.1 Å². The molecule has 0 saturated carbocycles. The van der Waals surface area contributed by atoms with Gasteiger partial charge in [0, 0.05) is 17.5 Å². The summed E-state index contributed by atoms with van der Waals surface area (Å²) in [6.07, 6.45) is 2.11. The fraction of sp³-hybridized carbons (Fsp3) is 0.286. The van der Waals surface area contributed by atoms with E-state index >= 15 is 0 Å². The topological polar surface area (TPSA) is 22.0 Å². The van der Waals surface area contributed by atoms with Crippen molar-refractivity contribution in [2.75, 3.05) is 0 Å². The zero-order chi connectivity index (χ0) is 16.4. The second kappa shape index (κ2) is 6.41. The van der Waals surface area contributed by atoms with Gasteiger partial charge < -0.3 is 4.57 Å². The lowest BCUT2D eigenvalue weighted by Gasteiger charge is -2.18. The Morgan fingerprint density at radius 2 is 1.74 bits per heavy atom. The quantitative estimate of drug-likeness (QED) is 0.668. The summed E-state index contributed by atoms with van der Waals surface area (Å²) in [5, 5.41) is 0.843. The van der Waals surface area contributed by atoms with Crippen LogP contribution >= 0.6 is 0 Å². The molecule has 0 unspecified atom stereocenters. The smallest absolute Gasteiger partial charge is 0.192 e. The monoisotopic (exact) mass is 305 g/mol. The van der Waals surface area contributed by atoms with Gasteiger partial charge in [-0.2, -0.15) is 0 Å². The van der Waals surface area contributed by atoms with Crippen LogP contribution in [0.1, 0.15) is 31.4 Å². The Morgan fingerprint density at radius 1 is 1.00 bits per heavy atom. The predicted octanol–water partition coefficient (Wildman–Crippen LogP) is 4.95. The Hall–Kier alpha value is -2.35. The Morgan fingerprint density at radius 3 is 2.39 bits per heavy atom. The van der Waals surface area contributed by atoms with E-state index < -0.39 is 0 Å². The molecule has 0 radical (unpaired) electrons. The number of nitrogens with zero attached hydrogens (tertiary/aromatic N) is 1. The van der Waals surface area contributed by atoms with Crippen molar-refractivity contribution in [1.82, 2.24) is 4.57 Å². The molecule has 2 nitrogen and oxygen atoms in total. The summed E-state index contributed by atoms with van der Waals surface area (Å²) in [5.41, 5.74) is 5.39. The Labute approximate surface area is 137 Å². The lowest BCUT2D eigenvalue weighted by Crippen LogP contribution is -2.16. The first-order valence-electron chi connectivity index (χ1n) is 8.38. The summed E-state index contributed by atoms with van der Waals surface area (Å²) in [6, 6.07) is 16.5. The molecular weight excluding hydrogens is 282 g/mol. The largest absolute Gasteiger partial charge is 0.340 e. The summed E-state index contributed by atoms with van der Waals surface area (Å²) in [5.74, 6) is 0. The van der Waals surface area contributed by atoms with Crippen LogP contribution in [0.3, 0.4) is 0 Å². The zero-order valence-corrected chi connectivity index (χ0v) is 14.1. The van der Waals surface area contributed by atoms with Crippen molar-refractivity contribution in [3.8, 4) is 11.3 Å². The van der Waals surface area contributed by atoms with Gasteiger partial charge in [-0.15, -0.1) is 0 Å². The summed E-state index contributed by atoms with van der Waals surface area (Å²) in [7, 11) is 0. The number of pyridine rings is 1. The van der Waals surface area contributed by atoms with E-state index in [4.69, 9.17) is 0 Å². The molecule has 0 amide bonds. The number of hydrogen-bond acceptors (Lipinski definition) is 1. The van der Waals surface area contributed by atoms with E-state index in [9.17, 15) is 4.79 Å². The number of aryl methyl sites for hydroxylation is 2. The molecular formula is C21H23NO. The van der Waals surface area contributed by atoms with Crippen molar-refractivity contribution in [3.05, 3.63) is 69.9 Å². The molecule has 0 bridgehead atoms. The highest BCUT2D eigenvalue weighted by Gasteiger charge is 2.14. The number of aromatic nitrogens is 1. The van der Waals surface area contributed by atoms with Crippen LogP contribution in [0.15, 0.2) is 53.3 Å². The summed E-state index contributed by atoms with van der Waals surface area (Å²) in [4.78, 5) is 12.9. The highest BCUT2D eigenvalue weighted by Crippen LogP contribution is 2.26. The van der Waals surface area contributed by atoms with Crippen LogP contribution < -0.4 is 5.43 Å². The number of benzene rings is 2. The molecule has 0 N–H and O–H groups in total. The van der Waals surface area contributed by atoms with Gasteiger partial charge in [-0.3, -0.25) is 4.79 Å². The van der Waals surface area contributed by atoms with E-state index in [1.165, 1.54) is 5.56 Å². The maximum atomic E-state index is 12.9. The molecule has 2 heteroatoms. The normalized spacial score (nSPS) is 11.1. The van der Waals surface area contributed by atoms with Crippen LogP contribution in [0.5, 0.6) is 0 Å². The number of hydrogen-bond donors (Lipinski definition) is 0. The van der Waals surface area contributed by atoms with E-state index in [0.29, 0.717) is 0 Å². The summed E-state index contributed by atoms with van der Waals surface area (Å²) < 4.78 is 2.26. The van der Waals surface area contributed by atoms with Gasteiger partial charge in [0.1, 0.15) is 0 Å². The average Bonchev–Trinajstić information content (AvgIpc) is 2.59. The van der Waals surface area contributed by atoms with Crippen molar-refractivity contribution < 1.29 is 0 Å². The van der Waals surface area contributed by atoms with Crippen molar-refractivity contribution in [1.29, 1.82) is 0 Å². The molecule has 0 fully saturated rings. The van der Waals surface area contributed by atoms with Gasteiger partial charge in [0.15, 0.2) is 5.43 Å². The van der Waals surface area contributed by atoms with Crippen molar-refractivity contribution in [3.63, 3.8) is 0 Å². The molecule has 118 valence electrons. The van der Waals surface area contributed by atoms with Crippen molar-refractivity contribution in [2.45, 2.75) is 40.2 Å². The zero-order valence-electron chi connectivity index (χ0n) is 14.1. The van der Waals surface area contributed by atoms with Gasteiger partial charge in [-0.05, 0) is 43.5 Å². The summed E-state index contributed by atoms with van der Waals surface area (Å²) in [6.45, 7) is 7.09. The third kappa shape index (κ3) is 2.70. The highest BCUT2D eigenvalue weighted by molar-refractivity contribution is 5.85. The molecule has 1 aromatic heterocycles. The molecule has 0 spiro atoms. The van der Waals surface area contributed by atoms with Gasteiger partial charge in [-0.25, -0.2) is 0 Å². The second-order valence-electron chi connectivity index (χ2n) is 6.01. The molecule has 3 rings (SSSR count). The minimum Gasteiger partial charge on any atom is -0.340 e. The Kier molecular flexibility index (Phi) is 4.33. The minimum absolute atomic E-state index is 0.154. The standard InChI is InChI=1S/C21H23NO/c1-4-9-16-12-13-19-18(14-16)21(23)15(3)20(22(19)5-2)17-10-7-6-8-11-17/h6-8,10-14H,4-5,9H2,1-3H3. The average molecular weight is 305 g/mol. The maximum absolute atomic E-state index is 12.9. The first kappa shape index (κ1) is 15.5. The minimum atomic E-state index is 0.154. The molecule has 0 saturated heterocycles. The molecule has 3 aromatic rings. The molecule has 0 aliphatic heterocycles. The fourth-order valence-corrected chi connectivity index (χ4v) is 3.37. The first-order valence-corrected chi connectivity index (χ1v) is 8.38. The van der Waals surface area contributed by atoms with Crippen LogP contribution in [0.2, 0.25) is 0 Å². The molecule has 2 aromatic carbocycles. The van der Waals surface area contributed by atoms with Gasteiger partial charge in [-0.1, -0.05) is 49.7 Å². The highest BCUT2D eigenvalue weighted by atomic mass is 16.1. The van der Waals surface area contributed by atoms with E-state index in [-0.39, 0.29) is 5.43 Å². The van der Waals surface area contributed by atoms with E-state index in [1.807, 2.05) is 25.1 Å². The summed E-state index contributed by atoms with van der Waals surface area (Å²) >= 11 is 0. The third-order valence-corrected chi connectivity index (χ3v) is 4.46. The van der Waals surface area contributed by atoms with Gasteiger partial charge in [0.25, 0.3) is 0 Å². The fourth-order valence-electron chi connectivity index (χ4n) is 3.37. The van der Waals surface area contributed by atoms with Gasteiger partial charge in [0.05, 0.1) is 11.2 Å². The van der Waals surface area contributed by atoms with Crippen molar-refractivity contribution >= 4 is 10.9 Å². The molecule has 1 heterocycles. The van der Waals surface area contributed by atoms with Crippen LogP contribution in [-0.2, 0) is 13.0 Å². The van der Waals surface area contributed by atoms with Crippen LogP contribution in [0.25, 0.3) is 22.2 Å². The Balaban J connectivity index is 2.37. The first-order chi connectivity index (χ1) is 11.2. The number of rotatable bonds is 4. The van der Waals surface area contributed by atoms with Crippen LogP contribution in [-0.4, -0.2) is 4.57 Å². The number of fused-ring (bicyclic) bond motifs is 1. The predicted molar refractivity (Wildman–Crippen MR) is 98.1 cm³/mol. The van der Waals surface area contributed by atoms with E-state index in [2.05, 4.69) is 48.7 Å². The second-order valence-corrected chi connectivity index (χ2v) is 6.01. The molecule has 23 heavy (non-hydrogen) atoms. The third-order valence-electron chi connectivity index (χ3n) is 4.46.